The van der Waals surface area contributed by atoms with Crippen molar-refractivity contribution in [2.75, 3.05) is 13.2 Å². The van der Waals surface area contributed by atoms with Crippen molar-refractivity contribution < 1.29 is 14.3 Å². The predicted octanol–water partition coefficient (Wildman–Crippen LogP) is 4.71. The Morgan fingerprint density at radius 3 is 2.44 bits per heavy atom. The molecule has 2 aromatic rings. The summed E-state index contributed by atoms with van der Waals surface area (Å²) in [5, 5.41) is -0.255. The Kier molecular flexibility index (Phi) is 5.80. The average molecular weight is 465 g/mol. The van der Waals surface area contributed by atoms with E-state index in [0.29, 0.717) is 4.91 Å². The molecular formula is C19H16INO3S. The van der Waals surface area contributed by atoms with Gasteiger partial charge in [-0.05, 0) is 77.2 Å². The minimum atomic E-state index is -0.263. The van der Waals surface area contributed by atoms with E-state index in [0.717, 1.165) is 32.2 Å². The molecule has 1 aliphatic rings. The molecule has 0 radical (unpaired) electrons. The van der Waals surface area contributed by atoms with Gasteiger partial charge in [0.05, 0.1) is 11.4 Å². The molecule has 2 aromatic carbocycles. The average Bonchev–Trinajstić information content (AvgIpc) is 2.86. The smallest absolute Gasteiger partial charge is 0.293 e. The highest BCUT2D eigenvalue weighted by molar-refractivity contribution is 14.1. The summed E-state index contributed by atoms with van der Waals surface area (Å²) < 4.78 is 6.73. The van der Waals surface area contributed by atoms with Crippen LogP contribution in [0.3, 0.4) is 0 Å². The Morgan fingerprint density at radius 2 is 1.76 bits per heavy atom. The fraction of sp³-hybridized carbons (Fsp3) is 0.158. The number of thioether (sulfide) groups is 1. The third kappa shape index (κ3) is 4.64. The van der Waals surface area contributed by atoms with Crippen LogP contribution < -0.4 is 4.74 Å². The first kappa shape index (κ1) is 18.0. The molecular weight excluding hydrogens is 449 g/mol. The third-order valence-electron chi connectivity index (χ3n) is 3.65. The minimum Gasteiger partial charge on any atom is -0.492 e. The molecule has 0 unspecified atom stereocenters. The van der Waals surface area contributed by atoms with E-state index < -0.39 is 0 Å². The van der Waals surface area contributed by atoms with Crippen molar-refractivity contribution >= 4 is 51.6 Å². The fourth-order valence-corrected chi connectivity index (χ4v) is 3.52. The molecule has 0 bridgehead atoms. The van der Waals surface area contributed by atoms with Crippen molar-refractivity contribution in [3.8, 4) is 5.75 Å². The highest BCUT2D eigenvalue weighted by Crippen LogP contribution is 2.32. The summed E-state index contributed by atoms with van der Waals surface area (Å²) in [6.45, 7) is 2.52. The van der Waals surface area contributed by atoms with Crippen LogP contribution in [0.25, 0.3) is 6.08 Å². The summed E-state index contributed by atoms with van der Waals surface area (Å²) >= 11 is 3.19. The predicted molar refractivity (Wildman–Crippen MR) is 109 cm³/mol. The van der Waals surface area contributed by atoms with Gasteiger partial charge < -0.3 is 4.74 Å². The van der Waals surface area contributed by atoms with Crippen LogP contribution in [0.1, 0.15) is 11.1 Å². The summed E-state index contributed by atoms with van der Waals surface area (Å²) in [6.07, 6.45) is 1.75. The number of halogens is 1. The number of amides is 2. The van der Waals surface area contributed by atoms with Crippen LogP contribution in [-0.2, 0) is 4.79 Å². The number of nitrogens with zero attached hydrogens (tertiary/aromatic N) is 1. The zero-order valence-electron chi connectivity index (χ0n) is 13.6. The lowest BCUT2D eigenvalue weighted by molar-refractivity contribution is -0.123. The lowest BCUT2D eigenvalue weighted by Crippen LogP contribution is -2.32. The number of carbonyl (C=O) groups is 2. The van der Waals surface area contributed by atoms with Crippen LogP contribution in [-0.4, -0.2) is 29.2 Å². The van der Waals surface area contributed by atoms with Gasteiger partial charge in [0.2, 0.25) is 0 Å². The van der Waals surface area contributed by atoms with E-state index >= 15 is 0 Å². The van der Waals surface area contributed by atoms with E-state index in [-0.39, 0.29) is 24.3 Å². The molecule has 4 nitrogen and oxygen atoms in total. The molecule has 1 heterocycles. The van der Waals surface area contributed by atoms with Gasteiger partial charge in [0.1, 0.15) is 12.4 Å². The first-order chi connectivity index (χ1) is 12.0. The van der Waals surface area contributed by atoms with Crippen LogP contribution >= 0.6 is 34.4 Å². The lowest BCUT2D eigenvalue weighted by atomic mass is 10.2. The normalized spacial score (nSPS) is 15.9. The second-order valence-electron chi connectivity index (χ2n) is 5.55. The van der Waals surface area contributed by atoms with Gasteiger partial charge in [0.25, 0.3) is 11.1 Å². The zero-order valence-corrected chi connectivity index (χ0v) is 16.5. The monoisotopic (exact) mass is 465 g/mol. The van der Waals surface area contributed by atoms with Crippen molar-refractivity contribution in [1.82, 2.24) is 4.90 Å². The molecule has 0 N–H and O–H groups in total. The molecule has 1 fully saturated rings. The Bertz CT molecular complexity index is 816. The number of hydrogen-bond acceptors (Lipinski definition) is 4. The number of ether oxygens (including phenoxy) is 1. The largest absolute Gasteiger partial charge is 0.492 e. The molecule has 1 saturated heterocycles. The number of hydrogen-bond donors (Lipinski definition) is 0. The first-order valence-electron chi connectivity index (χ1n) is 7.73. The van der Waals surface area contributed by atoms with Crippen molar-refractivity contribution in [1.29, 1.82) is 0 Å². The van der Waals surface area contributed by atoms with Crippen molar-refractivity contribution in [3.05, 3.63) is 68.1 Å². The van der Waals surface area contributed by atoms with E-state index in [4.69, 9.17) is 4.74 Å². The van der Waals surface area contributed by atoms with Gasteiger partial charge in [-0.3, -0.25) is 14.5 Å². The lowest BCUT2D eigenvalue weighted by Gasteiger charge is -2.13. The van der Waals surface area contributed by atoms with E-state index in [1.165, 1.54) is 4.90 Å². The highest BCUT2D eigenvalue weighted by atomic mass is 127. The molecule has 3 rings (SSSR count). The van der Waals surface area contributed by atoms with Crippen LogP contribution in [0.5, 0.6) is 5.75 Å². The number of benzene rings is 2. The Balaban J connectivity index is 1.61. The van der Waals surface area contributed by atoms with Crippen LogP contribution in [0.2, 0.25) is 0 Å². The summed E-state index contributed by atoms with van der Waals surface area (Å²) in [6, 6.07) is 15.4. The van der Waals surface area contributed by atoms with E-state index in [1.807, 2.05) is 55.5 Å². The van der Waals surface area contributed by atoms with Gasteiger partial charge in [-0.25, -0.2) is 0 Å². The highest BCUT2D eigenvalue weighted by Gasteiger charge is 2.34. The summed E-state index contributed by atoms with van der Waals surface area (Å²) in [5.74, 6) is 0.466. The molecule has 0 atom stereocenters. The maximum atomic E-state index is 12.4. The van der Waals surface area contributed by atoms with Gasteiger partial charge in [-0.1, -0.05) is 29.8 Å². The van der Waals surface area contributed by atoms with Crippen LogP contribution in [0.15, 0.2) is 53.4 Å². The van der Waals surface area contributed by atoms with Gasteiger partial charge in [-0.2, -0.15) is 0 Å². The number of rotatable bonds is 5. The minimum absolute atomic E-state index is 0.239. The van der Waals surface area contributed by atoms with Crippen LogP contribution in [0.4, 0.5) is 4.79 Å². The van der Waals surface area contributed by atoms with Gasteiger partial charge in [0.15, 0.2) is 0 Å². The standard InChI is InChI=1S/C19H16INO3S/c1-13-2-8-16(9-3-13)24-11-10-21-18(22)17(25-19(21)23)12-14-4-6-15(20)7-5-14/h2-9,12H,10-11H2,1H3/b17-12-. The molecule has 6 heteroatoms. The fourth-order valence-electron chi connectivity index (χ4n) is 2.29. The van der Waals surface area contributed by atoms with Crippen LogP contribution in [0, 0.1) is 10.5 Å². The maximum Gasteiger partial charge on any atom is 0.293 e. The maximum absolute atomic E-state index is 12.4. The molecule has 0 spiro atoms. The second kappa shape index (κ2) is 8.05. The SMILES string of the molecule is Cc1ccc(OCCN2C(=O)S/C(=C\c3ccc(I)cc3)C2=O)cc1. The number of aryl methyl sites for hydroxylation is 1. The number of imide groups is 1. The summed E-state index contributed by atoms with van der Waals surface area (Å²) in [5.41, 5.74) is 2.06. The first-order valence-corrected chi connectivity index (χ1v) is 9.63. The van der Waals surface area contributed by atoms with E-state index in [9.17, 15) is 9.59 Å². The molecule has 128 valence electrons. The zero-order chi connectivity index (χ0) is 17.8. The third-order valence-corrected chi connectivity index (χ3v) is 5.27. The summed E-state index contributed by atoms with van der Waals surface area (Å²) in [4.78, 5) is 26.2. The van der Waals surface area contributed by atoms with Crippen molar-refractivity contribution in [2.45, 2.75) is 6.92 Å². The molecule has 0 saturated carbocycles. The summed E-state index contributed by atoms with van der Waals surface area (Å²) in [7, 11) is 0. The molecule has 1 aliphatic heterocycles. The Hall–Kier alpha value is -1.80. The van der Waals surface area contributed by atoms with Crippen molar-refractivity contribution in [2.24, 2.45) is 0 Å². The van der Waals surface area contributed by atoms with E-state index in [2.05, 4.69) is 22.6 Å². The van der Waals surface area contributed by atoms with E-state index in [1.54, 1.807) is 6.08 Å². The van der Waals surface area contributed by atoms with Gasteiger partial charge >= 0.3 is 0 Å². The van der Waals surface area contributed by atoms with Crippen molar-refractivity contribution in [3.63, 3.8) is 0 Å². The second-order valence-corrected chi connectivity index (χ2v) is 7.79. The topological polar surface area (TPSA) is 46.6 Å². The molecule has 0 aliphatic carbocycles. The Labute approximate surface area is 164 Å². The van der Waals surface area contributed by atoms with Gasteiger partial charge in [0, 0.05) is 3.57 Å². The number of carbonyl (C=O) groups excluding carboxylic acids is 2. The quantitative estimate of drug-likeness (QED) is 0.474. The Morgan fingerprint density at radius 1 is 1.08 bits per heavy atom. The molecule has 25 heavy (non-hydrogen) atoms. The van der Waals surface area contributed by atoms with Gasteiger partial charge in [-0.15, -0.1) is 0 Å². The molecule has 0 aromatic heterocycles. The molecule has 2 amide bonds.